The van der Waals surface area contributed by atoms with Crippen LogP contribution in [0.1, 0.15) is 94.4 Å². The minimum Gasteiger partial charge on any atom is -0.369 e. The van der Waals surface area contributed by atoms with Crippen LogP contribution in [0.4, 0.5) is 0 Å². The minimum absolute atomic E-state index is 0.0690. The number of allylic oxidation sites excluding steroid dienone is 2. The highest BCUT2D eigenvalue weighted by Crippen LogP contribution is 2.42. The molecule has 0 fully saturated rings. The summed E-state index contributed by atoms with van der Waals surface area (Å²) in [5.74, 6) is 0.572. The first-order valence-electron chi connectivity index (χ1n) is 8.81. The van der Waals surface area contributed by atoms with Gasteiger partial charge in [0.25, 0.3) is 0 Å². The van der Waals surface area contributed by atoms with Crippen LogP contribution in [0.15, 0.2) is 12.2 Å². The Balaban J connectivity index is 4.63. The number of unbranched alkanes of at least 4 members (excludes halogenated alkanes) is 2. The Morgan fingerprint density at radius 2 is 1.57 bits per heavy atom. The van der Waals surface area contributed by atoms with Crippen molar-refractivity contribution in [2.45, 2.75) is 106 Å². The van der Waals surface area contributed by atoms with Crippen LogP contribution in [0, 0.1) is 11.3 Å². The van der Waals surface area contributed by atoms with Gasteiger partial charge in [-0.2, -0.15) is 0 Å². The van der Waals surface area contributed by atoms with E-state index in [-0.39, 0.29) is 16.6 Å². The molecule has 0 heterocycles. The Labute approximate surface area is 134 Å². The molecule has 0 saturated carbocycles. The van der Waals surface area contributed by atoms with Crippen molar-refractivity contribution in [1.82, 2.24) is 0 Å². The van der Waals surface area contributed by atoms with Crippen molar-refractivity contribution in [3.8, 4) is 0 Å². The van der Waals surface area contributed by atoms with E-state index in [9.17, 15) is 0 Å². The van der Waals surface area contributed by atoms with Crippen molar-refractivity contribution >= 4 is 0 Å². The average Bonchev–Trinajstić information content (AvgIpc) is 2.35. The molecule has 21 heavy (non-hydrogen) atoms. The lowest BCUT2D eigenvalue weighted by molar-refractivity contribution is -0.194. The SMILES string of the molecule is C/C=C/CCCCC(C)(C)C(C)(C)OC(C)(C)C(C)CC. The minimum atomic E-state index is -0.111. The van der Waals surface area contributed by atoms with Crippen molar-refractivity contribution in [2.75, 3.05) is 0 Å². The van der Waals surface area contributed by atoms with E-state index in [2.05, 4.69) is 74.5 Å². The van der Waals surface area contributed by atoms with Crippen LogP contribution >= 0.6 is 0 Å². The van der Waals surface area contributed by atoms with E-state index in [0.29, 0.717) is 5.92 Å². The third-order valence-corrected chi connectivity index (χ3v) is 5.61. The molecule has 0 rings (SSSR count). The predicted octanol–water partition coefficient (Wildman–Crippen LogP) is 6.77. The second-order valence-corrected chi connectivity index (χ2v) is 8.22. The molecule has 0 aromatic carbocycles. The van der Waals surface area contributed by atoms with Crippen LogP contribution in [0.25, 0.3) is 0 Å². The van der Waals surface area contributed by atoms with Gasteiger partial charge >= 0.3 is 0 Å². The van der Waals surface area contributed by atoms with E-state index >= 15 is 0 Å². The van der Waals surface area contributed by atoms with Gasteiger partial charge < -0.3 is 4.74 Å². The van der Waals surface area contributed by atoms with Gasteiger partial charge in [0, 0.05) is 0 Å². The standard InChI is InChI=1S/C20H40O/c1-10-12-13-14-15-16-18(4,5)20(8,9)21-19(6,7)17(3)11-2/h10,12,17H,11,13-16H2,1-9H3/b12-10+. The summed E-state index contributed by atoms with van der Waals surface area (Å²) in [4.78, 5) is 0. The molecule has 1 nitrogen and oxygen atoms in total. The third-order valence-electron chi connectivity index (χ3n) is 5.61. The first kappa shape index (κ1) is 20.7. The number of ether oxygens (including phenoxy) is 1. The van der Waals surface area contributed by atoms with Crippen molar-refractivity contribution in [1.29, 1.82) is 0 Å². The van der Waals surface area contributed by atoms with E-state index in [1.807, 2.05) is 0 Å². The summed E-state index contributed by atoms with van der Waals surface area (Å²) in [6.45, 7) is 20.4. The van der Waals surface area contributed by atoms with Gasteiger partial charge in [-0.15, -0.1) is 0 Å². The molecular formula is C20H40O. The van der Waals surface area contributed by atoms with E-state index in [0.717, 1.165) is 6.42 Å². The van der Waals surface area contributed by atoms with E-state index < -0.39 is 0 Å². The number of rotatable bonds is 10. The summed E-state index contributed by atoms with van der Waals surface area (Å²) in [5.41, 5.74) is 0.00859. The van der Waals surface area contributed by atoms with Gasteiger partial charge in [-0.25, -0.2) is 0 Å². The van der Waals surface area contributed by atoms with Gasteiger partial charge in [0.1, 0.15) is 0 Å². The quantitative estimate of drug-likeness (QED) is 0.319. The van der Waals surface area contributed by atoms with Crippen molar-refractivity contribution < 1.29 is 4.74 Å². The summed E-state index contributed by atoms with van der Waals surface area (Å²) >= 11 is 0. The summed E-state index contributed by atoms with van der Waals surface area (Å²) in [5, 5.41) is 0. The van der Waals surface area contributed by atoms with Gasteiger partial charge in [-0.1, -0.05) is 52.7 Å². The molecule has 0 spiro atoms. The Hall–Kier alpha value is -0.300. The fourth-order valence-electron chi connectivity index (χ4n) is 2.68. The monoisotopic (exact) mass is 296 g/mol. The lowest BCUT2D eigenvalue weighted by Crippen LogP contribution is -2.49. The zero-order valence-corrected chi connectivity index (χ0v) is 16.2. The maximum absolute atomic E-state index is 6.61. The molecule has 0 radical (unpaired) electrons. The first-order chi connectivity index (χ1) is 9.50. The zero-order chi connectivity index (χ0) is 16.7. The molecule has 0 aliphatic rings. The molecular weight excluding hydrogens is 256 g/mol. The van der Waals surface area contributed by atoms with E-state index in [1.54, 1.807) is 0 Å². The van der Waals surface area contributed by atoms with Crippen LogP contribution in [0.3, 0.4) is 0 Å². The smallest absolute Gasteiger partial charge is 0.0684 e. The third kappa shape index (κ3) is 6.55. The summed E-state index contributed by atoms with van der Waals surface area (Å²) < 4.78 is 6.61. The number of hydrogen-bond acceptors (Lipinski definition) is 1. The highest BCUT2D eigenvalue weighted by molar-refractivity contribution is 4.91. The Morgan fingerprint density at radius 3 is 2.05 bits per heavy atom. The van der Waals surface area contributed by atoms with Crippen LogP contribution in [0.5, 0.6) is 0 Å². The second kappa shape index (κ2) is 8.36. The summed E-state index contributed by atoms with van der Waals surface area (Å²) in [7, 11) is 0. The molecule has 0 aromatic rings. The lowest BCUT2D eigenvalue weighted by Gasteiger charge is -2.48. The zero-order valence-electron chi connectivity index (χ0n) is 16.2. The summed E-state index contributed by atoms with van der Waals surface area (Å²) in [6, 6.07) is 0. The van der Waals surface area contributed by atoms with E-state index in [1.165, 1.54) is 25.7 Å². The molecule has 1 unspecified atom stereocenters. The van der Waals surface area contributed by atoms with Gasteiger partial charge in [-0.05, 0) is 65.2 Å². The largest absolute Gasteiger partial charge is 0.369 e. The fraction of sp³-hybridized carbons (Fsp3) is 0.900. The van der Waals surface area contributed by atoms with Gasteiger partial charge in [0.2, 0.25) is 0 Å². The van der Waals surface area contributed by atoms with Crippen molar-refractivity contribution in [3.05, 3.63) is 12.2 Å². The van der Waals surface area contributed by atoms with Crippen LogP contribution < -0.4 is 0 Å². The van der Waals surface area contributed by atoms with Crippen LogP contribution in [-0.2, 0) is 4.74 Å². The normalized spacial score (nSPS) is 15.7. The Morgan fingerprint density at radius 1 is 1.00 bits per heavy atom. The van der Waals surface area contributed by atoms with Crippen LogP contribution in [-0.4, -0.2) is 11.2 Å². The Bertz CT molecular complexity index is 310. The van der Waals surface area contributed by atoms with E-state index in [4.69, 9.17) is 4.74 Å². The number of hydrogen-bond donors (Lipinski definition) is 0. The highest BCUT2D eigenvalue weighted by atomic mass is 16.5. The summed E-state index contributed by atoms with van der Waals surface area (Å²) in [6.07, 6.45) is 10.5. The molecule has 0 saturated heterocycles. The molecule has 0 amide bonds. The molecule has 126 valence electrons. The molecule has 0 N–H and O–H groups in total. The maximum Gasteiger partial charge on any atom is 0.0684 e. The average molecular weight is 297 g/mol. The maximum atomic E-state index is 6.61. The topological polar surface area (TPSA) is 9.23 Å². The van der Waals surface area contributed by atoms with Gasteiger partial charge in [-0.3, -0.25) is 0 Å². The molecule has 0 aromatic heterocycles. The molecule has 1 heteroatoms. The molecule has 0 bridgehead atoms. The Kier molecular flexibility index (Phi) is 8.24. The molecule has 0 aliphatic heterocycles. The fourth-order valence-corrected chi connectivity index (χ4v) is 2.68. The lowest BCUT2D eigenvalue weighted by atomic mass is 9.72. The molecule has 0 aliphatic carbocycles. The highest BCUT2D eigenvalue weighted by Gasteiger charge is 2.42. The van der Waals surface area contributed by atoms with Gasteiger partial charge in [0.15, 0.2) is 0 Å². The molecule has 1 atom stereocenters. The van der Waals surface area contributed by atoms with Crippen molar-refractivity contribution in [2.24, 2.45) is 11.3 Å². The first-order valence-corrected chi connectivity index (χ1v) is 8.81. The van der Waals surface area contributed by atoms with Crippen molar-refractivity contribution in [3.63, 3.8) is 0 Å². The predicted molar refractivity (Wildman–Crippen MR) is 95.8 cm³/mol. The van der Waals surface area contributed by atoms with Crippen LogP contribution in [0.2, 0.25) is 0 Å². The van der Waals surface area contributed by atoms with Gasteiger partial charge in [0.05, 0.1) is 11.2 Å². The second-order valence-electron chi connectivity index (χ2n) is 8.22.